The molecule has 0 radical (unpaired) electrons. The number of pyridine rings is 1. The molecule has 7 heteroatoms. The zero-order chi connectivity index (χ0) is 16.0. The molecule has 3 N–H and O–H groups in total. The van der Waals surface area contributed by atoms with Crippen molar-refractivity contribution < 1.29 is 9.90 Å². The molecule has 1 atom stereocenters. The Kier molecular flexibility index (Phi) is 5.11. The summed E-state index contributed by atoms with van der Waals surface area (Å²) in [6, 6.07) is 6.98. The second kappa shape index (κ2) is 7.04. The molecule has 0 aromatic carbocycles. The Morgan fingerprint density at radius 1 is 1.36 bits per heavy atom. The van der Waals surface area contributed by atoms with E-state index in [0.717, 1.165) is 5.69 Å². The van der Waals surface area contributed by atoms with Crippen LogP contribution >= 0.6 is 0 Å². The molecule has 7 nitrogen and oxygen atoms in total. The van der Waals surface area contributed by atoms with E-state index in [4.69, 9.17) is 0 Å². The van der Waals surface area contributed by atoms with Crippen LogP contribution < -0.4 is 10.6 Å². The third-order valence-electron chi connectivity index (χ3n) is 3.54. The minimum atomic E-state index is -0.643. The highest BCUT2D eigenvalue weighted by Crippen LogP contribution is 2.11. The van der Waals surface area contributed by atoms with Crippen molar-refractivity contribution in [1.82, 2.24) is 20.1 Å². The largest absolute Gasteiger partial charge is 0.394 e. The lowest BCUT2D eigenvalue weighted by molar-refractivity contribution is 0.172. The highest BCUT2D eigenvalue weighted by molar-refractivity contribution is 5.88. The van der Waals surface area contributed by atoms with Gasteiger partial charge >= 0.3 is 6.03 Å². The first kappa shape index (κ1) is 16.0. The number of hydrogen-bond donors (Lipinski definition) is 3. The fourth-order valence-electron chi connectivity index (χ4n) is 1.87. The van der Waals surface area contributed by atoms with Crippen molar-refractivity contribution in [2.24, 2.45) is 0 Å². The van der Waals surface area contributed by atoms with Crippen molar-refractivity contribution in [3.63, 3.8) is 0 Å². The van der Waals surface area contributed by atoms with Crippen LogP contribution in [0.25, 0.3) is 0 Å². The summed E-state index contributed by atoms with van der Waals surface area (Å²) in [5, 5.41) is 19.0. The van der Waals surface area contributed by atoms with Gasteiger partial charge in [0.2, 0.25) is 0 Å². The lowest BCUT2D eigenvalue weighted by atomic mass is 10.0. The number of nitrogens with zero attached hydrogens (tertiary/aromatic N) is 3. The monoisotopic (exact) mass is 303 g/mol. The fourth-order valence-corrected chi connectivity index (χ4v) is 1.87. The summed E-state index contributed by atoms with van der Waals surface area (Å²) in [5.41, 5.74) is 0.207. The number of anilines is 1. The van der Waals surface area contributed by atoms with E-state index in [9.17, 15) is 9.90 Å². The molecule has 22 heavy (non-hydrogen) atoms. The van der Waals surface area contributed by atoms with Crippen molar-refractivity contribution in [2.45, 2.75) is 32.4 Å². The number of amides is 2. The second-order valence-corrected chi connectivity index (χ2v) is 5.35. The van der Waals surface area contributed by atoms with Crippen LogP contribution in [0.4, 0.5) is 10.6 Å². The van der Waals surface area contributed by atoms with E-state index in [1.54, 1.807) is 30.1 Å². The number of urea groups is 1. The maximum absolute atomic E-state index is 12.1. The van der Waals surface area contributed by atoms with Gasteiger partial charge in [0.1, 0.15) is 5.82 Å². The Labute approximate surface area is 129 Å². The minimum absolute atomic E-state index is 0.121. The predicted octanol–water partition coefficient (Wildman–Crippen LogP) is 1.61. The molecule has 0 aliphatic heterocycles. The van der Waals surface area contributed by atoms with Crippen LogP contribution in [0.1, 0.15) is 26.0 Å². The Morgan fingerprint density at radius 2 is 2.18 bits per heavy atom. The summed E-state index contributed by atoms with van der Waals surface area (Å²) in [6.45, 7) is 4.04. The topological polar surface area (TPSA) is 92.1 Å². The molecule has 0 fully saturated rings. The minimum Gasteiger partial charge on any atom is -0.394 e. The number of aliphatic hydroxyl groups excluding tert-OH is 1. The van der Waals surface area contributed by atoms with Crippen LogP contribution in [-0.4, -0.2) is 38.0 Å². The molecule has 0 aliphatic carbocycles. The van der Waals surface area contributed by atoms with Gasteiger partial charge in [0.05, 0.1) is 30.6 Å². The third kappa shape index (κ3) is 4.05. The van der Waals surface area contributed by atoms with Crippen molar-refractivity contribution in [1.29, 1.82) is 0 Å². The quantitative estimate of drug-likeness (QED) is 0.756. The van der Waals surface area contributed by atoms with Gasteiger partial charge in [0.25, 0.3) is 0 Å². The molecule has 118 valence electrons. The Bertz CT molecular complexity index is 607. The summed E-state index contributed by atoms with van der Waals surface area (Å²) < 4.78 is 1.66. The van der Waals surface area contributed by atoms with Crippen LogP contribution in [0.5, 0.6) is 0 Å². The zero-order valence-corrected chi connectivity index (χ0v) is 12.8. The van der Waals surface area contributed by atoms with Crippen molar-refractivity contribution in [2.75, 3.05) is 11.9 Å². The van der Waals surface area contributed by atoms with Gasteiger partial charge in [-0.25, -0.2) is 9.48 Å². The van der Waals surface area contributed by atoms with Crippen LogP contribution in [0, 0.1) is 0 Å². The van der Waals surface area contributed by atoms with E-state index in [2.05, 4.69) is 20.7 Å². The number of aliphatic hydroxyl groups is 1. The predicted molar refractivity (Wildman–Crippen MR) is 83.5 cm³/mol. The lowest BCUT2D eigenvalue weighted by Crippen LogP contribution is -2.50. The molecular weight excluding hydrogens is 282 g/mol. The number of aromatic nitrogens is 3. The number of carbonyl (C=O) groups excluding carboxylic acids is 1. The normalized spacial score (nSPS) is 13.4. The molecule has 0 bridgehead atoms. The standard InChI is InChI=1S/C15H21N5O2/c1-3-15(2,11-21)19-14(22)18-13-7-9-17-20(13)10-12-6-4-5-8-16-12/h4-9,21H,3,10-11H2,1-2H3,(H2,18,19,22). The van der Waals surface area contributed by atoms with Crippen LogP contribution in [-0.2, 0) is 6.54 Å². The van der Waals surface area contributed by atoms with Gasteiger partial charge in [-0.2, -0.15) is 5.10 Å². The summed E-state index contributed by atoms with van der Waals surface area (Å²) in [4.78, 5) is 16.3. The van der Waals surface area contributed by atoms with E-state index in [1.807, 2.05) is 25.1 Å². The molecule has 2 aromatic rings. The molecule has 0 spiro atoms. The average Bonchev–Trinajstić information content (AvgIpc) is 2.95. The van der Waals surface area contributed by atoms with Gasteiger partial charge in [-0.1, -0.05) is 13.0 Å². The van der Waals surface area contributed by atoms with E-state index < -0.39 is 5.54 Å². The summed E-state index contributed by atoms with van der Waals surface area (Å²) in [5.74, 6) is 0.569. The smallest absolute Gasteiger partial charge is 0.320 e. The Balaban J connectivity index is 2.02. The fraction of sp³-hybridized carbons (Fsp3) is 0.400. The van der Waals surface area contributed by atoms with E-state index in [0.29, 0.717) is 18.8 Å². The summed E-state index contributed by atoms with van der Waals surface area (Å²) in [6.07, 6.45) is 3.96. The number of hydrogen-bond acceptors (Lipinski definition) is 4. The molecular formula is C15H21N5O2. The third-order valence-corrected chi connectivity index (χ3v) is 3.54. The van der Waals surface area contributed by atoms with Gasteiger partial charge in [0.15, 0.2) is 0 Å². The maximum Gasteiger partial charge on any atom is 0.320 e. The van der Waals surface area contributed by atoms with Crippen molar-refractivity contribution >= 4 is 11.8 Å². The molecule has 2 amide bonds. The van der Waals surface area contributed by atoms with Crippen molar-refractivity contribution in [3.8, 4) is 0 Å². The van der Waals surface area contributed by atoms with Gasteiger partial charge < -0.3 is 10.4 Å². The van der Waals surface area contributed by atoms with Crippen LogP contribution in [0.3, 0.4) is 0 Å². The Morgan fingerprint density at radius 3 is 2.82 bits per heavy atom. The first-order chi connectivity index (χ1) is 10.6. The van der Waals surface area contributed by atoms with Gasteiger partial charge in [-0.15, -0.1) is 0 Å². The number of carbonyl (C=O) groups is 1. The van der Waals surface area contributed by atoms with Gasteiger partial charge in [0, 0.05) is 12.3 Å². The second-order valence-electron chi connectivity index (χ2n) is 5.35. The molecule has 2 rings (SSSR count). The Hall–Kier alpha value is -2.41. The SMILES string of the molecule is CCC(C)(CO)NC(=O)Nc1ccnn1Cc1ccccn1. The molecule has 2 aromatic heterocycles. The maximum atomic E-state index is 12.1. The van der Waals surface area contributed by atoms with Crippen molar-refractivity contribution in [3.05, 3.63) is 42.4 Å². The first-order valence-electron chi connectivity index (χ1n) is 7.18. The molecule has 0 saturated heterocycles. The zero-order valence-electron chi connectivity index (χ0n) is 12.8. The summed E-state index contributed by atoms with van der Waals surface area (Å²) in [7, 11) is 0. The van der Waals surface area contributed by atoms with E-state index in [1.165, 1.54) is 0 Å². The highest BCUT2D eigenvalue weighted by Gasteiger charge is 2.23. The lowest BCUT2D eigenvalue weighted by Gasteiger charge is -2.27. The number of rotatable bonds is 6. The van der Waals surface area contributed by atoms with Crippen LogP contribution in [0.15, 0.2) is 36.7 Å². The first-order valence-corrected chi connectivity index (χ1v) is 7.18. The molecule has 0 aliphatic rings. The average molecular weight is 303 g/mol. The highest BCUT2D eigenvalue weighted by atomic mass is 16.3. The number of nitrogens with one attached hydrogen (secondary N) is 2. The van der Waals surface area contributed by atoms with Gasteiger partial charge in [-0.3, -0.25) is 10.3 Å². The molecule has 2 heterocycles. The van der Waals surface area contributed by atoms with E-state index >= 15 is 0 Å². The molecule has 0 saturated carbocycles. The summed E-state index contributed by atoms with van der Waals surface area (Å²) >= 11 is 0. The van der Waals surface area contributed by atoms with Crippen LogP contribution in [0.2, 0.25) is 0 Å². The van der Waals surface area contributed by atoms with E-state index in [-0.39, 0.29) is 12.6 Å². The molecule has 1 unspecified atom stereocenters. The van der Waals surface area contributed by atoms with Gasteiger partial charge in [-0.05, 0) is 25.5 Å².